The lowest BCUT2D eigenvalue weighted by Crippen LogP contribution is -2.25. The molecule has 2 saturated carbocycles. The number of alkyl halides is 3. The molecule has 1 atom stereocenters. The fourth-order valence-electron chi connectivity index (χ4n) is 3.25. The van der Waals surface area contributed by atoms with Gasteiger partial charge >= 0.3 is 6.36 Å². The van der Waals surface area contributed by atoms with Crippen molar-refractivity contribution in [1.29, 1.82) is 0 Å². The van der Waals surface area contributed by atoms with Crippen molar-refractivity contribution in [3.63, 3.8) is 0 Å². The first-order valence-corrected chi connectivity index (χ1v) is 7.33. The number of nitrogens with zero attached hydrogens (tertiary/aromatic N) is 1. The lowest BCUT2D eigenvalue weighted by molar-refractivity contribution is -0.274. The van der Waals surface area contributed by atoms with E-state index >= 15 is 0 Å². The first kappa shape index (κ1) is 18.2. The van der Waals surface area contributed by atoms with Gasteiger partial charge in [-0.05, 0) is 36.8 Å². The van der Waals surface area contributed by atoms with Crippen LogP contribution in [-0.2, 0) is 0 Å². The van der Waals surface area contributed by atoms with Crippen LogP contribution in [0, 0.1) is 5.41 Å². The summed E-state index contributed by atoms with van der Waals surface area (Å²) in [6.07, 6.45) is 1.07. The number of guanidine groups is 1. The van der Waals surface area contributed by atoms with E-state index in [1.165, 1.54) is 43.9 Å². The van der Waals surface area contributed by atoms with Crippen molar-refractivity contribution >= 4 is 35.6 Å². The molecule has 0 amide bonds. The highest BCUT2D eigenvalue weighted by Crippen LogP contribution is 2.59. The van der Waals surface area contributed by atoms with Crippen molar-refractivity contribution in [1.82, 2.24) is 0 Å². The van der Waals surface area contributed by atoms with E-state index in [1.54, 1.807) is 6.07 Å². The van der Waals surface area contributed by atoms with Crippen LogP contribution in [0.2, 0.25) is 0 Å². The number of halogens is 4. The first-order valence-electron chi connectivity index (χ1n) is 7.33. The SMILES string of the molecule is I.NC(=NC1CC12CCCC2)Nc1ccccc1OC(F)(F)F. The molecule has 2 aliphatic carbocycles. The molecule has 4 nitrogen and oxygen atoms in total. The molecule has 0 radical (unpaired) electrons. The molecule has 1 aromatic rings. The molecule has 3 N–H and O–H groups in total. The number of rotatable bonds is 3. The molecule has 0 bridgehead atoms. The molecule has 3 rings (SSSR count). The molecule has 0 aromatic heterocycles. The number of aliphatic imine (C=N–C) groups is 1. The largest absolute Gasteiger partial charge is 0.573 e. The van der Waals surface area contributed by atoms with Crippen molar-refractivity contribution in [3.05, 3.63) is 24.3 Å². The summed E-state index contributed by atoms with van der Waals surface area (Å²) in [7, 11) is 0. The average Bonchev–Trinajstić information content (AvgIpc) is 2.85. The summed E-state index contributed by atoms with van der Waals surface area (Å²) in [5, 5.41) is 2.71. The minimum atomic E-state index is -4.74. The van der Waals surface area contributed by atoms with E-state index in [4.69, 9.17) is 5.73 Å². The van der Waals surface area contributed by atoms with Gasteiger partial charge in [0.2, 0.25) is 0 Å². The zero-order chi connectivity index (χ0) is 15.8. The van der Waals surface area contributed by atoms with Crippen LogP contribution in [0.5, 0.6) is 5.75 Å². The molecule has 0 heterocycles. The first-order chi connectivity index (χ1) is 10.4. The second-order valence-electron chi connectivity index (χ2n) is 5.97. The Morgan fingerprint density at radius 1 is 1.26 bits per heavy atom. The Morgan fingerprint density at radius 2 is 1.91 bits per heavy atom. The molecule has 1 unspecified atom stereocenters. The maximum atomic E-state index is 12.4. The van der Waals surface area contributed by atoms with Crippen LogP contribution in [0.1, 0.15) is 32.1 Å². The van der Waals surface area contributed by atoms with Crippen LogP contribution in [0.4, 0.5) is 18.9 Å². The van der Waals surface area contributed by atoms with Gasteiger partial charge in [-0.15, -0.1) is 37.1 Å². The highest BCUT2D eigenvalue weighted by atomic mass is 127. The molecule has 128 valence electrons. The summed E-state index contributed by atoms with van der Waals surface area (Å²) in [4.78, 5) is 4.40. The summed E-state index contributed by atoms with van der Waals surface area (Å²) in [5.74, 6) is -0.188. The molecule has 1 spiro atoms. The summed E-state index contributed by atoms with van der Waals surface area (Å²) in [6, 6.07) is 5.97. The molecule has 0 saturated heterocycles. The monoisotopic (exact) mass is 441 g/mol. The van der Waals surface area contributed by atoms with Gasteiger partial charge in [-0.3, -0.25) is 0 Å². The van der Waals surface area contributed by atoms with Gasteiger partial charge in [0.1, 0.15) is 0 Å². The maximum absolute atomic E-state index is 12.4. The quantitative estimate of drug-likeness (QED) is 0.419. The van der Waals surface area contributed by atoms with E-state index in [1.807, 2.05) is 0 Å². The second kappa shape index (κ2) is 6.74. The number of para-hydroxylation sites is 2. The number of hydrogen-bond acceptors (Lipinski definition) is 2. The van der Waals surface area contributed by atoms with Crippen LogP contribution in [0.15, 0.2) is 29.3 Å². The third-order valence-electron chi connectivity index (χ3n) is 4.42. The van der Waals surface area contributed by atoms with E-state index in [9.17, 15) is 13.2 Å². The summed E-state index contributed by atoms with van der Waals surface area (Å²) in [6.45, 7) is 0. The van der Waals surface area contributed by atoms with E-state index < -0.39 is 6.36 Å². The Bertz CT molecular complexity index is 586. The molecule has 23 heavy (non-hydrogen) atoms. The van der Waals surface area contributed by atoms with Gasteiger partial charge in [-0.2, -0.15) is 0 Å². The molecule has 2 fully saturated rings. The lowest BCUT2D eigenvalue weighted by Gasteiger charge is -2.14. The second-order valence-corrected chi connectivity index (χ2v) is 5.97. The number of nitrogens with two attached hydrogens (primary N) is 1. The van der Waals surface area contributed by atoms with Gasteiger partial charge in [0.15, 0.2) is 11.7 Å². The zero-order valence-electron chi connectivity index (χ0n) is 12.4. The molecule has 8 heteroatoms. The molecular weight excluding hydrogens is 422 g/mol. The van der Waals surface area contributed by atoms with Gasteiger partial charge < -0.3 is 15.8 Å². The van der Waals surface area contributed by atoms with Crippen LogP contribution >= 0.6 is 24.0 Å². The van der Waals surface area contributed by atoms with Gasteiger partial charge in [0, 0.05) is 0 Å². The van der Waals surface area contributed by atoms with Crippen molar-refractivity contribution in [2.75, 3.05) is 5.32 Å². The fourth-order valence-corrected chi connectivity index (χ4v) is 3.25. The number of anilines is 1. The minimum absolute atomic E-state index is 0. The normalized spacial score (nSPS) is 22.6. The van der Waals surface area contributed by atoms with Crippen LogP contribution < -0.4 is 15.8 Å². The predicted molar refractivity (Wildman–Crippen MR) is 93.1 cm³/mol. The Kier molecular flexibility index (Phi) is 5.32. The topological polar surface area (TPSA) is 59.6 Å². The van der Waals surface area contributed by atoms with E-state index in [-0.39, 0.29) is 47.4 Å². The van der Waals surface area contributed by atoms with Crippen LogP contribution in [-0.4, -0.2) is 18.4 Å². The van der Waals surface area contributed by atoms with Gasteiger partial charge in [-0.1, -0.05) is 25.0 Å². The van der Waals surface area contributed by atoms with Gasteiger partial charge in [-0.25, -0.2) is 4.99 Å². The Labute approximate surface area is 149 Å². The molecular formula is C15H19F3IN3O. The highest BCUT2D eigenvalue weighted by molar-refractivity contribution is 14.0. The Balaban J connectivity index is 0.00000192. The van der Waals surface area contributed by atoms with Crippen molar-refractivity contribution in [2.24, 2.45) is 16.1 Å². The summed E-state index contributed by atoms with van der Waals surface area (Å²) in [5.41, 5.74) is 6.29. The number of ether oxygens (including phenoxy) is 1. The van der Waals surface area contributed by atoms with E-state index in [0.29, 0.717) is 5.41 Å². The molecule has 2 aliphatic rings. The molecule has 0 aliphatic heterocycles. The average molecular weight is 441 g/mol. The third kappa shape index (κ3) is 4.42. The van der Waals surface area contributed by atoms with Gasteiger partial charge in [0.25, 0.3) is 0 Å². The Morgan fingerprint density at radius 3 is 2.57 bits per heavy atom. The predicted octanol–water partition coefficient (Wildman–Crippen LogP) is 4.26. The zero-order valence-corrected chi connectivity index (χ0v) is 14.7. The summed E-state index contributed by atoms with van der Waals surface area (Å²) >= 11 is 0. The molecule has 1 aromatic carbocycles. The van der Waals surface area contributed by atoms with Gasteiger partial charge in [0.05, 0.1) is 11.7 Å². The smallest absolute Gasteiger partial charge is 0.404 e. The maximum Gasteiger partial charge on any atom is 0.573 e. The third-order valence-corrected chi connectivity index (χ3v) is 4.42. The van der Waals surface area contributed by atoms with Crippen molar-refractivity contribution in [2.45, 2.75) is 44.5 Å². The standard InChI is InChI=1S/C15H18F3N3O.HI/c16-15(17,18)22-11-6-2-1-5-10(11)20-13(19)21-12-9-14(12)7-3-4-8-14;/h1-2,5-6,12H,3-4,7-9H2,(H3,19,20,21);1H. The summed E-state index contributed by atoms with van der Waals surface area (Å²) < 4.78 is 41.1. The minimum Gasteiger partial charge on any atom is -0.404 e. The fraction of sp³-hybridized carbons (Fsp3) is 0.533. The Hall–Kier alpha value is -1.19. The van der Waals surface area contributed by atoms with Crippen molar-refractivity contribution in [3.8, 4) is 5.75 Å². The van der Waals surface area contributed by atoms with E-state index in [2.05, 4.69) is 15.0 Å². The number of benzene rings is 1. The van der Waals surface area contributed by atoms with Crippen molar-refractivity contribution < 1.29 is 17.9 Å². The number of nitrogens with one attached hydrogen (secondary N) is 1. The van der Waals surface area contributed by atoms with Crippen LogP contribution in [0.3, 0.4) is 0 Å². The van der Waals surface area contributed by atoms with E-state index in [0.717, 1.165) is 6.42 Å². The highest BCUT2D eigenvalue weighted by Gasteiger charge is 2.55. The number of hydrogen-bond donors (Lipinski definition) is 2. The van der Waals surface area contributed by atoms with Crippen LogP contribution in [0.25, 0.3) is 0 Å². The lowest BCUT2D eigenvalue weighted by atomic mass is 10.1.